The van der Waals surface area contributed by atoms with E-state index in [2.05, 4.69) is 191 Å². The highest BCUT2D eigenvalue weighted by molar-refractivity contribution is 6.18. The lowest BCUT2D eigenvalue weighted by Crippen LogP contribution is -2.28. The van der Waals surface area contributed by atoms with E-state index in [1.54, 1.807) is 0 Å². The minimum Gasteiger partial charge on any atom is -0.316 e. The van der Waals surface area contributed by atoms with Gasteiger partial charge in [-0.1, -0.05) is 133 Å². The third kappa shape index (κ3) is 3.55. The van der Waals surface area contributed by atoms with Gasteiger partial charge in [0, 0.05) is 33.7 Å². The second-order valence-electron chi connectivity index (χ2n) is 12.5. The lowest BCUT2D eigenvalue weighted by Gasteiger charge is -2.34. The molecule has 0 bridgehead atoms. The predicted molar refractivity (Wildman–Crippen MR) is 195 cm³/mol. The van der Waals surface area contributed by atoms with Crippen molar-refractivity contribution in [3.05, 3.63) is 204 Å². The Kier molecular flexibility index (Phi) is 5.53. The van der Waals surface area contributed by atoms with E-state index >= 15 is 0 Å². The van der Waals surface area contributed by atoms with E-state index in [1.807, 2.05) is 0 Å². The molecular formula is C45H30N2. The molecule has 2 heterocycles. The fourth-order valence-electron chi connectivity index (χ4n) is 8.33. The van der Waals surface area contributed by atoms with Gasteiger partial charge in [0.25, 0.3) is 0 Å². The van der Waals surface area contributed by atoms with Crippen LogP contribution < -0.4 is 0 Å². The fourth-order valence-corrected chi connectivity index (χ4v) is 8.33. The van der Waals surface area contributed by atoms with Crippen molar-refractivity contribution in [1.82, 2.24) is 9.13 Å². The highest BCUT2D eigenvalue weighted by Gasteiger charge is 2.46. The van der Waals surface area contributed by atoms with Crippen molar-refractivity contribution in [3.63, 3.8) is 0 Å². The molecule has 0 saturated carbocycles. The minimum atomic E-state index is -0.449. The molecule has 0 saturated heterocycles. The lowest BCUT2D eigenvalue weighted by molar-refractivity contribution is 0.767. The lowest BCUT2D eigenvalue weighted by atomic mass is 9.67. The van der Waals surface area contributed by atoms with Crippen LogP contribution in [0.15, 0.2) is 182 Å². The molecule has 0 aliphatic heterocycles. The monoisotopic (exact) mass is 598 g/mol. The van der Waals surface area contributed by atoms with Crippen LogP contribution in [-0.4, -0.2) is 9.13 Å². The SMILES string of the molecule is c1ccc(-n2ccc3c2ccc2c4ccccc4n(-c4ccc5c(c4)C(c4ccccc4)(c4ccccc4)c4ccccc4-5)c23)cc1. The number of aromatic nitrogens is 2. The van der Waals surface area contributed by atoms with E-state index in [0.29, 0.717) is 0 Å². The Bertz CT molecular complexity index is 2570. The Morgan fingerprint density at radius 1 is 0.383 bits per heavy atom. The van der Waals surface area contributed by atoms with Crippen LogP contribution in [0.3, 0.4) is 0 Å². The summed E-state index contributed by atoms with van der Waals surface area (Å²) in [7, 11) is 0. The maximum atomic E-state index is 2.49. The summed E-state index contributed by atoms with van der Waals surface area (Å²) in [5, 5.41) is 3.77. The average molecular weight is 599 g/mol. The van der Waals surface area contributed by atoms with Crippen LogP contribution in [0.25, 0.3) is 55.2 Å². The number of fused-ring (bicyclic) bond motifs is 8. The zero-order valence-corrected chi connectivity index (χ0v) is 25.7. The highest BCUT2D eigenvalue weighted by atomic mass is 15.0. The van der Waals surface area contributed by atoms with Crippen LogP contribution >= 0.6 is 0 Å². The van der Waals surface area contributed by atoms with Gasteiger partial charge in [-0.15, -0.1) is 0 Å². The van der Waals surface area contributed by atoms with Gasteiger partial charge in [-0.25, -0.2) is 0 Å². The molecule has 7 aromatic carbocycles. The van der Waals surface area contributed by atoms with Crippen LogP contribution in [-0.2, 0) is 5.41 Å². The van der Waals surface area contributed by atoms with Crippen molar-refractivity contribution in [3.8, 4) is 22.5 Å². The summed E-state index contributed by atoms with van der Waals surface area (Å²) >= 11 is 0. The van der Waals surface area contributed by atoms with Crippen LogP contribution in [0.5, 0.6) is 0 Å². The summed E-state index contributed by atoms with van der Waals surface area (Å²) in [6.45, 7) is 0. The largest absolute Gasteiger partial charge is 0.316 e. The first-order valence-electron chi connectivity index (χ1n) is 16.3. The van der Waals surface area contributed by atoms with Crippen LogP contribution in [0.2, 0.25) is 0 Å². The summed E-state index contributed by atoms with van der Waals surface area (Å²) < 4.78 is 4.79. The molecule has 0 radical (unpaired) electrons. The predicted octanol–water partition coefficient (Wildman–Crippen LogP) is 11.1. The number of rotatable bonds is 4. The molecule has 0 N–H and O–H groups in total. The van der Waals surface area contributed by atoms with Gasteiger partial charge in [0.1, 0.15) is 0 Å². The molecule has 47 heavy (non-hydrogen) atoms. The van der Waals surface area contributed by atoms with Gasteiger partial charge in [-0.3, -0.25) is 0 Å². The van der Waals surface area contributed by atoms with E-state index < -0.39 is 5.41 Å². The van der Waals surface area contributed by atoms with E-state index in [1.165, 1.54) is 71.8 Å². The fraction of sp³-hybridized carbons (Fsp3) is 0.0222. The van der Waals surface area contributed by atoms with E-state index in [0.717, 1.165) is 5.69 Å². The molecule has 2 aromatic heterocycles. The normalized spacial score (nSPS) is 13.3. The molecule has 2 nitrogen and oxygen atoms in total. The molecule has 0 atom stereocenters. The Morgan fingerprint density at radius 3 is 1.79 bits per heavy atom. The Morgan fingerprint density at radius 2 is 1.02 bits per heavy atom. The molecule has 9 aromatic rings. The van der Waals surface area contributed by atoms with E-state index in [4.69, 9.17) is 0 Å². The maximum absolute atomic E-state index is 2.49. The third-order valence-corrected chi connectivity index (χ3v) is 10.2. The Labute approximate surface area is 273 Å². The number of para-hydroxylation sites is 2. The van der Waals surface area contributed by atoms with Crippen molar-refractivity contribution in [2.24, 2.45) is 0 Å². The molecule has 10 rings (SSSR count). The van der Waals surface area contributed by atoms with Gasteiger partial charge in [0.15, 0.2) is 0 Å². The summed E-state index contributed by atoms with van der Waals surface area (Å²) in [6.07, 6.45) is 2.20. The standard InChI is InChI=1S/C45H30N2/c1-4-14-31(15-5-1)45(32-16-6-2-7-17-32)40-22-12-10-20-35(40)36-25-24-34(30-41(36)45)47-43-23-13-11-21-37(43)38-26-27-42-39(44(38)47)28-29-46(42)33-18-8-3-9-19-33/h1-30H. The second kappa shape index (κ2) is 9.94. The van der Waals surface area contributed by atoms with Gasteiger partial charge in [-0.2, -0.15) is 0 Å². The summed E-state index contributed by atoms with van der Waals surface area (Å²) in [5.41, 5.74) is 13.3. The number of nitrogens with zero attached hydrogens (tertiary/aromatic N) is 2. The maximum Gasteiger partial charge on any atom is 0.0714 e. The molecule has 1 aliphatic rings. The highest BCUT2D eigenvalue weighted by Crippen LogP contribution is 2.56. The van der Waals surface area contributed by atoms with Crippen LogP contribution in [0, 0.1) is 0 Å². The number of benzene rings is 7. The van der Waals surface area contributed by atoms with Crippen molar-refractivity contribution in [1.29, 1.82) is 0 Å². The Hall–Kier alpha value is -6.12. The molecular weight excluding hydrogens is 569 g/mol. The van der Waals surface area contributed by atoms with Gasteiger partial charge >= 0.3 is 0 Å². The third-order valence-electron chi connectivity index (χ3n) is 10.2. The van der Waals surface area contributed by atoms with E-state index in [-0.39, 0.29) is 0 Å². The van der Waals surface area contributed by atoms with Crippen molar-refractivity contribution >= 4 is 32.7 Å². The summed E-state index contributed by atoms with van der Waals surface area (Å²) in [4.78, 5) is 0. The molecule has 0 spiro atoms. The Balaban J connectivity index is 1.32. The number of hydrogen-bond donors (Lipinski definition) is 0. The van der Waals surface area contributed by atoms with Crippen molar-refractivity contribution in [2.75, 3.05) is 0 Å². The first kappa shape index (κ1) is 26.1. The summed E-state index contributed by atoms with van der Waals surface area (Å²) in [6, 6.07) is 64.5. The minimum absolute atomic E-state index is 0.449. The molecule has 0 fully saturated rings. The molecule has 2 heteroatoms. The first-order valence-corrected chi connectivity index (χ1v) is 16.3. The second-order valence-corrected chi connectivity index (χ2v) is 12.5. The van der Waals surface area contributed by atoms with Crippen LogP contribution in [0.4, 0.5) is 0 Å². The smallest absolute Gasteiger partial charge is 0.0714 e. The summed E-state index contributed by atoms with van der Waals surface area (Å²) in [5.74, 6) is 0. The zero-order chi connectivity index (χ0) is 31.0. The zero-order valence-electron chi connectivity index (χ0n) is 25.7. The topological polar surface area (TPSA) is 9.86 Å². The first-order chi connectivity index (χ1) is 23.3. The molecule has 0 unspecified atom stereocenters. The average Bonchev–Trinajstić information content (AvgIpc) is 3.82. The molecule has 0 amide bonds. The van der Waals surface area contributed by atoms with E-state index in [9.17, 15) is 0 Å². The van der Waals surface area contributed by atoms with Gasteiger partial charge in [0.2, 0.25) is 0 Å². The molecule has 220 valence electrons. The van der Waals surface area contributed by atoms with Gasteiger partial charge in [0.05, 0.1) is 22.0 Å². The van der Waals surface area contributed by atoms with Crippen molar-refractivity contribution < 1.29 is 0 Å². The number of hydrogen-bond acceptors (Lipinski definition) is 0. The van der Waals surface area contributed by atoms with Gasteiger partial charge in [-0.05, 0) is 75.8 Å². The van der Waals surface area contributed by atoms with Gasteiger partial charge < -0.3 is 9.13 Å². The molecule has 1 aliphatic carbocycles. The quantitative estimate of drug-likeness (QED) is 0.191. The van der Waals surface area contributed by atoms with Crippen LogP contribution in [0.1, 0.15) is 22.3 Å². The van der Waals surface area contributed by atoms with Crippen molar-refractivity contribution in [2.45, 2.75) is 5.41 Å².